The fourth-order valence-electron chi connectivity index (χ4n) is 1.60. The van der Waals surface area contributed by atoms with Gasteiger partial charge in [0.05, 0.1) is 11.8 Å². The summed E-state index contributed by atoms with van der Waals surface area (Å²) in [5, 5.41) is 13.9. The second-order valence-corrected chi connectivity index (χ2v) is 5.16. The van der Waals surface area contributed by atoms with E-state index in [4.69, 9.17) is 5.11 Å². The van der Waals surface area contributed by atoms with Crippen LogP contribution in [-0.4, -0.2) is 35.5 Å². The predicted molar refractivity (Wildman–Crippen MR) is 64.7 cm³/mol. The van der Waals surface area contributed by atoms with E-state index < -0.39 is 23.8 Å². The first-order valence-electron chi connectivity index (χ1n) is 6.13. The van der Waals surface area contributed by atoms with Crippen molar-refractivity contribution in [3.63, 3.8) is 0 Å². The summed E-state index contributed by atoms with van der Waals surface area (Å²) in [6.07, 6.45) is 0.363. The lowest BCUT2D eigenvalue weighted by Gasteiger charge is -2.15. The van der Waals surface area contributed by atoms with Crippen LogP contribution >= 0.6 is 0 Å². The Morgan fingerprint density at radius 3 is 2.28 bits per heavy atom. The second kappa shape index (κ2) is 5.84. The molecule has 1 aliphatic carbocycles. The van der Waals surface area contributed by atoms with E-state index in [9.17, 15) is 14.4 Å². The molecular weight excluding hydrogens is 236 g/mol. The molecule has 1 fully saturated rings. The number of carboxylic acids is 1. The maximum absolute atomic E-state index is 11.6. The number of aliphatic carboxylic acids is 1. The summed E-state index contributed by atoms with van der Waals surface area (Å²) in [7, 11) is 0. The number of carbonyl (C=O) groups excluding carboxylic acids is 2. The van der Waals surface area contributed by atoms with Crippen molar-refractivity contribution in [1.82, 2.24) is 10.6 Å². The highest BCUT2D eigenvalue weighted by atomic mass is 16.4. The maximum atomic E-state index is 11.6. The monoisotopic (exact) mass is 256 g/mol. The van der Waals surface area contributed by atoms with Gasteiger partial charge in [-0.2, -0.15) is 0 Å². The number of hydrogen-bond acceptors (Lipinski definition) is 3. The van der Waals surface area contributed by atoms with Crippen molar-refractivity contribution >= 4 is 17.8 Å². The molecule has 0 aromatic carbocycles. The third kappa shape index (κ3) is 4.01. The van der Waals surface area contributed by atoms with E-state index in [2.05, 4.69) is 10.6 Å². The van der Waals surface area contributed by atoms with E-state index >= 15 is 0 Å². The molecule has 6 nitrogen and oxygen atoms in total. The third-order valence-corrected chi connectivity index (χ3v) is 2.88. The summed E-state index contributed by atoms with van der Waals surface area (Å²) in [6, 6.07) is -0.633. The van der Waals surface area contributed by atoms with Gasteiger partial charge in [-0.05, 0) is 19.3 Å². The highest BCUT2D eigenvalue weighted by Gasteiger charge is 2.48. The molecule has 0 aliphatic heterocycles. The highest BCUT2D eigenvalue weighted by molar-refractivity contribution is 5.92. The molecular formula is C12H20N2O4. The van der Waals surface area contributed by atoms with E-state index in [1.54, 1.807) is 6.92 Å². The smallest absolute Gasteiger partial charge is 0.307 e. The Hall–Kier alpha value is -1.59. The Balaban J connectivity index is 2.32. The SMILES string of the molecule is CC(C)CNC(=O)C(C)NC(=O)[C@@H]1C[C@@H]1C(=O)O. The van der Waals surface area contributed by atoms with E-state index in [1.165, 1.54) is 0 Å². The van der Waals surface area contributed by atoms with Crippen molar-refractivity contribution in [2.24, 2.45) is 17.8 Å². The van der Waals surface area contributed by atoms with Crippen molar-refractivity contribution < 1.29 is 19.5 Å². The summed E-state index contributed by atoms with van der Waals surface area (Å²) in [6.45, 7) is 6.10. The summed E-state index contributed by atoms with van der Waals surface area (Å²) >= 11 is 0. The van der Waals surface area contributed by atoms with Gasteiger partial charge in [0.2, 0.25) is 11.8 Å². The zero-order valence-electron chi connectivity index (χ0n) is 10.9. The first kappa shape index (κ1) is 14.5. The van der Waals surface area contributed by atoms with Gasteiger partial charge in [-0.25, -0.2) is 0 Å². The summed E-state index contributed by atoms with van der Waals surface area (Å²) in [5.74, 6) is -2.28. The molecule has 102 valence electrons. The molecule has 1 saturated carbocycles. The fraction of sp³-hybridized carbons (Fsp3) is 0.750. The van der Waals surface area contributed by atoms with Crippen LogP contribution in [0, 0.1) is 17.8 Å². The number of hydrogen-bond donors (Lipinski definition) is 3. The molecule has 0 heterocycles. The Kier molecular flexibility index (Phi) is 4.69. The van der Waals surface area contributed by atoms with E-state index in [0.717, 1.165) is 0 Å². The summed E-state index contributed by atoms with van der Waals surface area (Å²) < 4.78 is 0. The second-order valence-electron chi connectivity index (χ2n) is 5.16. The summed E-state index contributed by atoms with van der Waals surface area (Å²) in [4.78, 5) is 33.8. The molecule has 2 amide bonds. The van der Waals surface area contributed by atoms with Crippen molar-refractivity contribution in [3.05, 3.63) is 0 Å². The Morgan fingerprint density at radius 1 is 1.22 bits per heavy atom. The first-order chi connectivity index (χ1) is 8.32. The molecule has 0 aromatic rings. The number of carboxylic acid groups (broad SMARTS) is 1. The van der Waals surface area contributed by atoms with E-state index in [-0.39, 0.29) is 11.8 Å². The van der Waals surface area contributed by atoms with Crippen molar-refractivity contribution in [3.8, 4) is 0 Å². The van der Waals surface area contributed by atoms with Gasteiger partial charge in [0.15, 0.2) is 0 Å². The van der Waals surface area contributed by atoms with Crippen LogP contribution in [-0.2, 0) is 14.4 Å². The molecule has 0 bridgehead atoms. The molecule has 1 aliphatic rings. The lowest BCUT2D eigenvalue weighted by Crippen LogP contribution is -2.46. The number of amides is 2. The molecule has 0 spiro atoms. The molecule has 0 aromatic heterocycles. The van der Waals surface area contributed by atoms with Crippen LogP contribution in [0.2, 0.25) is 0 Å². The third-order valence-electron chi connectivity index (χ3n) is 2.88. The average Bonchev–Trinajstić information content (AvgIpc) is 3.05. The number of carbonyl (C=O) groups is 3. The molecule has 1 unspecified atom stereocenters. The predicted octanol–water partition coefficient (Wildman–Crippen LogP) is -0.0160. The van der Waals surface area contributed by atoms with Gasteiger partial charge in [-0.3, -0.25) is 14.4 Å². The average molecular weight is 256 g/mol. The van der Waals surface area contributed by atoms with Gasteiger partial charge < -0.3 is 15.7 Å². The Morgan fingerprint density at radius 2 is 1.83 bits per heavy atom. The van der Waals surface area contributed by atoms with Gasteiger partial charge >= 0.3 is 5.97 Å². The lowest BCUT2D eigenvalue weighted by atomic mass is 10.2. The Bertz CT molecular complexity index is 354. The van der Waals surface area contributed by atoms with Gasteiger partial charge in [0, 0.05) is 6.54 Å². The van der Waals surface area contributed by atoms with Crippen molar-refractivity contribution in [1.29, 1.82) is 0 Å². The zero-order valence-corrected chi connectivity index (χ0v) is 10.9. The molecule has 3 N–H and O–H groups in total. The Labute approximate surface area is 106 Å². The van der Waals surface area contributed by atoms with Gasteiger partial charge in [0.1, 0.15) is 6.04 Å². The summed E-state index contributed by atoms with van der Waals surface area (Å²) in [5.41, 5.74) is 0. The van der Waals surface area contributed by atoms with Gasteiger partial charge in [-0.1, -0.05) is 13.8 Å². The normalized spacial score (nSPS) is 23.3. The lowest BCUT2D eigenvalue weighted by molar-refractivity contribution is -0.140. The largest absolute Gasteiger partial charge is 0.481 e. The molecule has 18 heavy (non-hydrogen) atoms. The number of nitrogens with one attached hydrogen (secondary N) is 2. The zero-order chi connectivity index (χ0) is 13.9. The quantitative estimate of drug-likeness (QED) is 0.622. The fourth-order valence-corrected chi connectivity index (χ4v) is 1.60. The molecule has 3 atom stereocenters. The van der Waals surface area contributed by atoms with Crippen molar-refractivity contribution in [2.75, 3.05) is 6.54 Å². The van der Waals surface area contributed by atoms with Crippen LogP contribution in [0.15, 0.2) is 0 Å². The minimum absolute atomic E-state index is 0.246. The van der Waals surface area contributed by atoms with Crippen LogP contribution in [0.5, 0.6) is 0 Å². The number of rotatable bonds is 6. The minimum Gasteiger partial charge on any atom is -0.481 e. The minimum atomic E-state index is -0.952. The first-order valence-corrected chi connectivity index (χ1v) is 6.13. The van der Waals surface area contributed by atoms with E-state index in [0.29, 0.717) is 18.9 Å². The maximum Gasteiger partial charge on any atom is 0.307 e. The molecule has 6 heteroatoms. The van der Waals surface area contributed by atoms with Crippen LogP contribution in [0.3, 0.4) is 0 Å². The van der Waals surface area contributed by atoms with Crippen LogP contribution in [0.4, 0.5) is 0 Å². The highest BCUT2D eigenvalue weighted by Crippen LogP contribution is 2.38. The van der Waals surface area contributed by atoms with E-state index in [1.807, 2.05) is 13.8 Å². The van der Waals surface area contributed by atoms with Gasteiger partial charge in [0.25, 0.3) is 0 Å². The van der Waals surface area contributed by atoms with Gasteiger partial charge in [-0.15, -0.1) is 0 Å². The molecule has 0 saturated heterocycles. The van der Waals surface area contributed by atoms with Crippen LogP contribution in [0.25, 0.3) is 0 Å². The van der Waals surface area contributed by atoms with Crippen LogP contribution in [0.1, 0.15) is 27.2 Å². The van der Waals surface area contributed by atoms with Crippen LogP contribution < -0.4 is 10.6 Å². The topological polar surface area (TPSA) is 95.5 Å². The standard InChI is InChI=1S/C12H20N2O4/c1-6(2)5-13-10(15)7(3)14-11(16)8-4-9(8)12(17)18/h6-9H,4-5H2,1-3H3,(H,13,15)(H,14,16)(H,17,18)/t7?,8-,9+/m1/s1. The van der Waals surface area contributed by atoms with Crippen molar-refractivity contribution in [2.45, 2.75) is 33.2 Å². The molecule has 1 rings (SSSR count). The molecule has 0 radical (unpaired) electrons.